The molecule has 0 saturated heterocycles. The first-order valence-electron chi connectivity index (χ1n) is 4.24. The Morgan fingerprint density at radius 3 is 2.75 bits per heavy atom. The SMILES string of the molecule is CC(N)=NC(=S)N=Nc1ccc(O)c(Cl)c1. The first-order valence-corrected chi connectivity index (χ1v) is 5.02. The number of phenols is 1. The maximum absolute atomic E-state index is 9.17. The third kappa shape index (κ3) is 3.92. The van der Waals surface area contributed by atoms with Gasteiger partial charge in [0.25, 0.3) is 0 Å². The van der Waals surface area contributed by atoms with Crippen LogP contribution in [0.25, 0.3) is 0 Å². The lowest BCUT2D eigenvalue weighted by Gasteiger charge is -1.96. The van der Waals surface area contributed by atoms with Crippen LogP contribution in [0.3, 0.4) is 0 Å². The van der Waals surface area contributed by atoms with Gasteiger partial charge in [0.2, 0.25) is 5.11 Å². The van der Waals surface area contributed by atoms with E-state index >= 15 is 0 Å². The molecule has 3 N–H and O–H groups in total. The summed E-state index contributed by atoms with van der Waals surface area (Å²) in [5.41, 5.74) is 5.78. The second kappa shape index (κ2) is 5.53. The van der Waals surface area contributed by atoms with Crippen LogP contribution in [0.4, 0.5) is 5.69 Å². The fourth-order valence-electron chi connectivity index (χ4n) is 0.832. The number of hydrogen-bond donors (Lipinski definition) is 2. The van der Waals surface area contributed by atoms with Crippen LogP contribution in [0.5, 0.6) is 5.75 Å². The number of amidine groups is 1. The highest BCUT2D eigenvalue weighted by Gasteiger charge is 1.98. The summed E-state index contributed by atoms with van der Waals surface area (Å²) in [7, 11) is 0. The van der Waals surface area contributed by atoms with E-state index in [1.807, 2.05) is 0 Å². The Kier molecular flexibility index (Phi) is 4.33. The molecule has 84 valence electrons. The number of halogens is 1. The molecule has 0 saturated carbocycles. The molecule has 0 aliphatic rings. The molecule has 0 unspecified atom stereocenters. The third-order valence-corrected chi connectivity index (χ3v) is 1.93. The Hall–Kier alpha value is -1.53. The first kappa shape index (κ1) is 12.5. The third-order valence-electron chi connectivity index (χ3n) is 1.45. The van der Waals surface area contributed by atoms with Gasteiger partial charge in [-0.2, -0.15) is 0 Å². The highest BCUT2D eigenvalue weighted by Crippen LogP contribution is 2.27. The monoisotopic (exact) mass is 256 g/mol. The number of nitrogens with two attached hydrogens (primary N) is 1. The zero-order valence-electron chi connectivity index (χ0n) is 8.38. The maximum atomic E-state index is 9.17. The first-order chi connectivity index (χ1) is 7.49. The summed E-state index contributed by atoms with van der Waals surface area (Å²) in [5, 5.41) is 16.8. The fraction of sp³-hybridized carbons (Fsp3) is 0.111. The summed E-state index contributed by atoms with van der Waals surface area (Å²) < 4.78 is 0. The molecule has 1 rings (SSSR count). The summed E-state index contributed by atoms with van der Waals surface area (Å²) in [6.07, 6.45) is 0. The molecule has 0 aromatic heterocycles. The van der Waals surface area contributed by atoms with Gasteiger partial charge < -0.3 is 10.8 Å². The lowest BCUT2D eigenvalue weighted by molar-refractivity contribution is 0.475. The van der Waals surface area contributed by atoms with E-state index in [4.69, 9.17) is 29.6 Å². The van der Waals surface area contributed by atoms with Gasteiger partial charge in [0.1, 0.15) is 5.75 Å². The van der Waals surface area contributed by atoms with E-state index in [0.717, 1.165) is 0 Å². The second-order valence-electron chi connectivity index (χ2n) is 2.87. The van der Waals surface area contributed by atoms with Crippen LogP contribution in [0.2, 0.25) is 5.02 Å². The molecule has 0 aliphatic carbocycles. The molecule has 0 heterocycles. The standard InChI is InChI=1S/C9H9ClN4OS/c1-5(11)12-9(16)14-13-6-2-3-8(15)7(10)4-6/h2-4,15H,1H3,(H2,11,12,16). The van der Waals surface area contributed by atoms with Gasteiger partial charge in [-0.15, -0.1) is 10.2 Å². The average molecular weight is 257 g/mol. The van der Waals surface area contributed by atoms with Gasteiger partial charge in [-0.05, 0) is 37.3 Å². The van der Waals surface area contributed by atoms with Crippen molar-refractivity contribution in [1.82, 2.24) is 0 Å². The van der Waals surface area contributed by atoms with Gasteiger partial charge in [-0.25, -0.2) is 4.99 Å². The maximum Gasteiger partial charge on any atom is 0.241 e. The van der Waals surface area contributed by atoms with Crippen molar-refractivity contribution in [2.45, 2.75) is 6.92 Å². The zero-order valence-corrected chi connectivity index (χ0v) is 9.96. The van der Waals surface area contributed by atoms with Crippen molar-refractivity contribution in [2.75, 3.05) is 0 Å². The molecule has 5 nitrogen and oxygen atoms in total. The van der Waals surface area contributed by atoms with Crippen LogP contribution in [-0.2, 0) is 0 Å². The van der Waals surface area contributed by atoms with Crippen LogP contribution < -0.4 is 5.73 Å². The van der Waals surface area contributed by atoms with E-state index in [9.17, 15) is 5.11 Å². The molecular formula is C9H9ClN4OS. The molecule has 1 aromatic carbocycles. The van der Waals surface area contributed by atoms with Crippen LogP contribution in [0.1, 0.15) is 6.92 Å². The number of rotatable bonds is 1. The molecule has 0 aliphatic heterocycles. The van der Waals surface area contributed by atoms with Crippen LogP contribution in [0.15, 0.2) is 33.4 Å². The quantitative estimate of drug-likeness (QED) is 0.351. The van der Waals surface area contributed by atoms with Crippen molar-refractivity contribution in [3.63, 3.8) is 0 Å². The van der Waals surface area contributed by atoms with Crippen LogP contribution in [-0.4, -0.2) is 16.1 Å². The highest BCUT2D eigenvalue weighted by atomic mass is 35.5. The highest BCUT2D eigenvalue weighted by molar-refractivity contribution is 7.80. The Bertz CT molecular complexity index is 469. The molecule has 0 radical (unpaired) electrons. The molecule has 0 spiro atoms. The van der Waals surface area contributed by atoms with E-state index in [1.54, 1.807) is 13.0 Å². The minimum Gasteiger partial charge on any atom is -0.506 e. The van der Waals surface area contributed by atoms with Gasteiger partial charge in [-0.3, -0.25) is 0 Å². The molecule has 7 heteroatoms. The molecule has 0 atom stereocenters. The topological polar surface area (TPSA) is 83.3 Å². The van der Waals surface area contributed by atoms with Crippen molar-refractivity contribution < 1.29 is 5.11 Å². The van der Waals surface area contributed by atoms with Gasteiger partial charge in [0.15, 0.2) is 0 Å². The molecule has 0 amide bonds. The van der Waals surface area contributed by atoms with Crippen molar-refractivity contribution >= 4 is 40.5 Å². The predicted molar refractivity (Wildman–Crippen MR) is 67.5 cm³/mol. The Morgan fingerprint density at radius 1 is 1.50 bits per heavy atom. The number of azo groups is 1. The van der Waals surface area contributed by atoms with Crippen LogP contribution >= 0.6 is 23.8 Å². The smallest absolute Gasteiger partial charge is 0.241 e. The lowest BCUT2D eigenvalue weighted by atomic mass is 10.3. The minimum atomic E-state index is -0.0148. The largest absolute Gasteiger partial charge is 0.506 e. The van der Waals surface area contributed by atoms with Gasteiger partial charge in [-0.1, -0.05) is 11.6 Å². The van der Waals surface area contributed by atoms with Gasteiger partial charge in [0, 0.05) is 0 Å². The van der Waals surface area contributed by atoms with Crippen LogP contribution in [0, 0.1) is 0 Å². The lowest BCUT2D eigenvalue weighted by Crippen LogP contribution is -2.06. The summed E-state index contributed by atoms with van der Waals surface area (Å²) in [4.78, 5) is 3.72. The molecule has 1 aromatic rings. The van der Waals surface area contributed by atoms with E-state index in [1.165, 1.54) is 12.1 Å². The molecule has 16 heavy (non-hydrogen) atoms. The van der Waals surface area contributed by atoms with E-state index in [0.29, 0.717) is 11.5 Å². The van der Waals surface area contributed by atoms with E-state index in [2.05, 4.69) is 15.2 Å². The van der Waals surface area contributed by atoms with E-state index in [-0.39, 0.29) is 15.9 Å². The summed E-state index contributed by atoms with van der Waals surface area (Å²) >= 11 is 10.5. The van der Waals surface area contributed by atoms with Crippen molar-refractivity contribution in [3.8, 4) is 5.75 Å². The van der Waals surface area contributed by atoms with Gasteiger partial charge >= 0.3 is 0 Å². The predicted octanol–water partition coefficient (Wildman–Crippen LogP) is 2.79. The number of benzene rings is 1. The number of phenolic OH excluding ortho intramolecular Hbond substituents is 1. The van der Waals surface area contributed by atoms with Crippen molar-refractivity contribution in [1.29, 1.82) is 0 Å². The molecular weight excluding hydrogens is 248 g/mol. The number of thiocarbonyl (C=S) groups is 1. The Balaban J connectivity index is 2.81. The fourth-order valence-corrected chi connectivity index (χ4v) is 1.19. The van der Waals surface area contributed by atoms with Crippen molar-refractivity contribution in [3.05, 3.63) is 23.2 Å². The molecule has 0 bridgehead atoms. The molecule has 0 fully saturated rings. The second-order valence-corrected chi connectivity index (χ2v) is 3.64. The van der Waals surface area contributed by atoms with Crippen molar-refractivity contribution in [2.24, 2.45) is 21.0 Å². The summed E-state index contributed by atoms with van der Waals surface area (Å²) in [6.45, 7) is 1.60. The normalized spacial score (nSPS) is 12.0. The van der Waals surface area contributed by atoms with Gasteiger partial charge in [0.05, 0.1) is 16.5 Å². The average Bonchev–Trinajstić information content (AvgIpc) is 2.19. The number of nitrogens with zero attached hydrogens (tertiary/aromatic N) is 3. The van der Waals surface area contributed by atoms with E-state index < -0.39 is 0 Å². The number of aliphatic imine (C=N–C) groups is 1. The Morgan fingerprint density at radius 2 is 2.19 bits per heavy atom. The number of hydrogen-bond acceptors (Lipinski definition) is 3. The minimum absolute atomic E-state index is 0.0148. The number of aromatic hydroxyl groups is 1. The zero-order chi connectivity index (χ0) is 12.1. The summed E-state index contributed by atoms with van der Waals surface area (Å²) in [5.74, 6) is 0.298. The summed E-state index contributed by atoms with van der Waals surface area (Å²) in [6, 6.07) is 4.42. The Labute approximate surface area is 103 Å².